The summed E-state index contributed by atoms with van der Waals surface area (Å²) < 4.78 is 64.3. The van der Waals surface area contributed by atoms with E-state index >= 15 is 0 Å². The molecule has 0 spiro atoms. The quantitative estimate of drug-likeness (QED) is 0.481. The summed E-state index contributed by atoms with van der Waals surface area (Å²) in [7, 11) is 0. The first-order chi connectivity index (χ1) is 11.5. The molecular weight excluding hydrogens is 351 g/mol. The number of aliphatic imine (C=N–C) groups is 1. The predicted molar refractivity (Wildman–Crippen MR) is 76.2 cm³/mol. The molecule has 1 aliphatic rings. The number of hydrogen-bond donors (Lipinski definition) is 2. The third-order valence-electron chi connectivity index (χ3n) is 3.58. The minimum Gasteiger partial charge on any atom is -0.370 e. The molecule has 0 saturated heterocycles. The zero-order valence-corrected chi connectivity index (χ0v) is 12.6. The summed E-state index contributed by atoms with van der Waals surface area (Å²) in [5.74, 6) is -5.02. The maximum absolute atomic E-state index is 13.5. The van der Waals surface area contributed by atoms with Gasteiger partial charge in [0.05, 0.1) is 18.9 Å². The first kappa shape index (κ1) is 18.6. The van der Waals surface area contributed by atoms with Crippen LogP contribution in [-0.2, 0) is 4.79 Å². The standard InChI is InChI=1S/C14H13F5N4O2/c15-8-3-6-7(4-9(8)16)12(25)23(2-1-14(17,18)19)10(6)5-11(24)22-13(20)21/h3-4,10H,1-2,5H2,(H4,20,21,22,24)/t10-/m1/s1. The molecule has 4 N–H and O–H groups in total. The molecule has 2 amide bonds. The summed E-state index contributed by atoms with van der Waals surface area (Å²) in [6.07, 6.45) is -6.47. The van der Waals surface area contributed by atoms with Crippen molar-refractivity contribution in [2.24, 2.45) is 16.5 Å². The Morgan fingerprint density at radius 2 is 1.80 bits per heavy atom. The zero-order chi connectivity index (χ0) is 18.9. The van der Waals surface area contributed by atoms with Gasteiger partial charge >= 0.3 is 6.18 Å². The third-order valence-corrected chi connectivity index (χ3v) is 3.58. The topological polar surface area (TPSA) is 102 Å². The molecule has 1 aromatic rings. The smallest absolute Gasteiger partial charge is 0.370 e. The highest BCUT2D eigenvalue weighted by atomic mass is 19.4. The van der Waals surface area contributed by atoms with Crippen molar-refractivity contribution in [1.82, 2.24) is 4.90 Å². The summed E-state index contributed by atoms with van der Waals surface area (Å²) in [6, 6.07) is 0.0537. The number of nitrogens with two attached hydrogens (primary N) is 2. The molecule has 6 nitrogen and oxygen atoms in total. The zero-order valence-electron chi connectivity index (χ0n) is 12.6. The summed E-state index contributed by atoms with van der Waals surface area (Å²) in [5, 5.41) is 0. The van der Waals surface area contributed by atoms with Gasteiger partial charge in [-0.3, -0.25) is 9.59 Å². The van der Waals surface area contributed by atoms with Gasteiger partial charge in [-0.2, -0.15) is 18.2 Å². The van der Waals surface area contributed by atoms with Crippen LogP contribution in [0.15, 0.2) is 17.1 Å². The molecule has 0 fully saturated rings. The lowest BCUT2D eigenvalue weighted by Crippen LogP contribution is -2.33. The molecule has 0 bridgehead atoms. The molecular formula is C14H13F5N4O2. The highest BCUT2D eigenvalue weighted by Crippen LogP contribution is 2.38. The third kappa shape index (κ3) is 4.22. The first-order valence-electron chi connectivity index (χ1n) is 6.98. The lowest BCUT2D eigenvalue weighted by atomic mass is 10.0. The Hall–Kier alpha value is -2.72. The fraction of sp³-hybridized carbons (Fsp3) is 0.357. The highest BCUT2D eigenvalue weighted by molar-refractivity contribution is 6.00. The van der Waals surface area contributed by atoms with Crippen molar-refractivity contribution < 1.29 is 31.5 Å². The molecule has 1 heterocycles. The molecule has 1 atom stereocenters. The SMILES string of the molecule is NC(N)=NC(=O)C[C@@H]1c2cc(F)c(F)cc2C(=O)N1CCC(F)(F)F. The van der Waals surface area contributed by atoms with Crippen LogP contribution in [0.3, 0.4) is 0 Å². The first-order valence-corrected chi connectivity index (χ1v) is 6.98. The van der Waals surface area contributed by atoms with E-state index in [1.165, 1.54) is 0 Å². The van der Waals surface area contributed by atoms with Gasteiger partial charge < -0.3 is 16.4 Å². The van der Waals surface area contributed by atoms with E-state index in [2.05, 4.69) is 4.99 Å². The van der Waals surface area contributed by atoms with Gasteiger partial charge in [-0.25, -0.2) is 8.78 Å². The van der Waals surface area contributed by atoms with Crippen molar-refractivity contribution in [3.8, 4) is 0 Å². The number of amides is 2. The number of rotatable bonds is 4. The van der Waals surface area contributed by atoms with Gasteiger partial charge in [0.2, 0.25) is 0 Å². The summed E-state index contributed by atoms with van der Waals surface area (Å²) in [4.78, 5) is 28.0. The van der Waals surface area contributed by atoms with Crippen LogP contribution in [0.1, 0.15) is 34.8 Å². The van der Waals surface area contributed by atoms with E-state index in [1.54, 1.807) is 0 Å². The van der Waals surface area contributed by atoms with Crippen molar-refractivity contribution in [2.75, 3.05) is 6.54 Å². The molecule has 1 aliphatic heterocycles. The second kappa shape index (κ2) is 6.65. The van der Waals surface area contributed by atoms with Crippen molar-refractivity contribution in [3.63, 3.8) is 0 Å². The van der Waals surface area contributed by atoms with Crippen LogP contribution in [0.5, 0.6) is 0 Å². The monoisotopic (exact) mass is 364 g/mol. The Morgan fingerprint density at radius 3 is 2.36 bits per heavy atom. The van der Waals surface area contributed by atoms with Crippen LogP contribution in [0.2, 0.25) is 0 Å². The largest absolute Gasteiger partial charge is 0.390 e. The molecule has 136 valence electrons. The highest BCUT2D eigenvalue weighted by Gasteiger charge is 2.40. The Morgan fingerprint density at radius 1 is 1.20 bits per heavy atom. The van der Waals surface area contributed by atoms with Crippen LogP contribution in [0.4, 0.5) is 22.0 Å². The number of guanidine groups is 1. The molecule has 2 rings (SSSR count). The molecule has 0 unspecified atom stereocenters. The average molecular weight is 364 g/mol. The Bertz CT molecular complexity index is 743. The fourth-order valence-corrected chi connectivity index (χ4v) is 2.57. The van der Waals surface area contributed by atoms with Crippen molar-refractivity contribution in [2.45, 2.75) is 25.1 Å². The number of hydrogen-bond acceptors (Lipinski definition) is 2. The van der Waals surface area contributed by atoms with E-state index in [4.69, 9.17) is 11.5 Å². The van der Waals surface area contributed by atoms with Gasteiger partial charge in [0.15, 0.2) is 17.6 Å². The Labute approximate surface area is 138 Å². The Kier molecular flexibility index (Phi) is 4.95. The van der Waals surface area contributed by atoms with Crippen molar-refractivity contribution in [3.05, 3.63) is 34.9 Å². The van der Waals surface area contributed by atoms with Crippen LogP contribution in [-0.4, -0.2) is 35.4 Å². The summed E-state index contributed by atoms with van der Waals surface area (Å²) in [6.45, 7) is -0.778. The lowest BCUT2D eigenvalue weighted by Gasteiger charge is -2.25. The van der Waals surface area contributed by atoms with E-state index in [0.717, 1.165) is 4.90 Å². The van der Waals surface area contributed by atoms with E-state index in [1.807, 2.05) is 0 Å². The normalized spacial score (nSPS) is 16.8. The van der Waals surface area contributed by atoms with E-state index in [-0.39, 0.29) is 11.1 Å². The number of carbonyl (C=O) groups excluding carboxylic acids is 2. The Balaban J connectivity index is 2.38. The second-order valence-corrected chi connectivity index (χ2v) is 5.37. The van der Waals surface area contributed by atoms with Crippen molar-refractivity contribution >= 4 is 17.8 Å². The lowest BCUT2D eigenvalue weighted by molar-refractivity contribution is -0.137. The van der Waals surface area contributed by atoms with Crippen LogP contribution in [0.25, 0.3) is 0 Å². The summed E-state index contributed by atoms with van der Waals surface area (Å²) in [5.41, 5.74) is 9.71. The van der Waals surface area contributed by atoms with Crippen molar-refractivity contribution in [1.29, 1.82) is 0 Å². The molecule has 11 heteroatoms. The molecule has 0 radical (unpaired) electrons. The average Bonchev–Trinajstić information content (AvgIpc) is 2.68. The van der Waals surface area contributed by atoms with Gasteiger partial charge in [0.1, 0.15) is 0 Å². The van der Waals surface area contributed by atoms with Crippen LogP contribution < -0.4 is 11.5 Å². The number of fused-ring (bicyclic) bond motifs is 1. The number of alkyl halides is 3. The maximum Gasteiger partial charge on any atom is 0.390 e. The fourth-order valence-electron chi connectivity index (χ4n) is 2.57. The predicted octanol–water partition coefficient (Wildman–Crippen LogP) is 1.60. The van der Waals surface area contributed by atoms with Gasteiger partial charge in [-0.15, -0.1) is 0 Å². The minimum absolute atomic E-state index is 0.0924. The second-order valence-electron chi connectivity index (χ2n) is 5.37. The minimum atomic E-state index is -4.56. The molecule has 25 heavy (non-hydrogen) atoms. The van der Waals surface area contributed by atoms with E-state index in [9.17, 15) is 31.5 Å². The van der Waals surface area contributed by atoms with E-state index < -0.39 is 61.0 Å². The number of nitrogens with zero attached hydrogens (tertiary/aromatic N) is 2. The molecule has 0 aliphatic carbocycles. The van der Waals surface area contributed by atoms with E-state index in [0.29, 0.717) is 12.1 Å². The number of halogens is 5. The number of carbonyl (C=O) groups is 2. The maximum atomic E-state index is 13.5. The van der Waals surface area contributed by atoms with Gasteiger partial charge in [-0.05, 0) is 17.7 Å². The van der Waals surface area contributed by atoms with Gasteiger partial charge in [-0.1, -0.05) is 0 Å². The van der Waals surface area contributed by atoms with Crippen LogP contribution in [0, 0.1) is 11.6 Å². The molecule has 0 aromatic heterocycles. The summed E-state index contributed by atoms with van der Waals surface area (Å²) >= 11 is 0. The van der Waals surface area contributed by atoms with Gasteiger partial charge in [0.25, 0.3) is 11.8 Å². The van der Waals surface area contributed by atoms with Crippen LogP contribution >= 0.6 is 0 Å². The van der Waals surface area contributed by atoms with Gasteiger partial charge in [0, 0.05) is 12.1 Å². The molecule has 1 aromatic carbocycles. The molecule has 0 saturated carbocycles. The number of benzene rings is 1.